The third-order valence-corrected chi connectivity index (χ3v) is 5.11. The molecule has 0 saturated carbocycles. The Morgan fingerprint density at radius 1 is 1.13 bits per heavy atom. The van der Waals surface area contributed by atoms with Gasteiger partial charge >= 0.3 is 0 Å². The van der Waals surface area contributed by atoms with Crippen molar-refractivity contribution in [3.05, 3.63) is 59.0 Å². The van der Waals surface area contributed by atoms with Crippen LogP contribution >= 0.6 is 15.9 Å². The zero-order valence-electron chi connectivity index (χ0n) is 17.2. The van der Waals surface area contributed by atoms with Crippen LogP contribution in [0.1, 0.15) is 6.92 Å². The Labute approximate surface area is 186 Å². The van der Waals surface area contributed by atoms with Crippen LogP contribution in [0.2, 0.25) is 0 Å². The molecule has 0 amide bonds. The Bertz CT molecular complexity index is 1270. The first-order valence-corrected chi connectivity index (χ1v) is 10.4. The van der Waals surface area contributed by atoms with Gasteiger partial charge < -0.3 is 15.0 Å². The number of nitrogens with zero attached hydrogens (tertiary/aromatic N) is 4. The van der Waals surface area contributed by atoms with Crippen molar-refractivity contribution in [2.24, 2.45) is 0 Å². The maximum absolute atomic E-state index is 15.1. The third-order valence-electron chi connectivity index (χ3n) is 4.66. The molecule has 2 heterocycles. The highest BCUT2D eigenvalue weighted by atomic mass is 79.9. The summed E-state index contributed by atoms with van der Waals surface area (Å²) >= 11 is 3.47. The van der Waals surface area contributed by atoms with Crippen molar-refractivity contribution in [2.45, 2.75) is 13.0 Å². The van der Waals surface area contributed by atoms with E-state index in [9.17, 15) is 4.39 Å². The van der Waals surface area contributed by atoms with Crippen molar-refractivity contribution >= 4 is 49.2 Å². The predicted molar refractivity (Wildman–Crippen MR) is 121 cm³/mol. The number of benzene rings is 2. The van der Waals surface area contributed by atoms with Gasteiger partial charge in [0.15, 0.2) is 11.6 Å². The molecule has 0 bridgehead atoms. The van der Waals surface area contributed by atoms with Gasteiger partial charge in [0.25, 0.3) is 0 Å². The standard InChI is InChI=1S/C22H20BrF2N5O/c1-12(10-30(2)3)31-18-8-13(23)7-17-19(18)22(28-11-27-17)29-21-15(24)9-16-14(20(21)25)5-4-6-26-16/h4-9,11-12H,10H2,1-3H3,(H,27,28,29)/t12-/m1/s1. The summed E-state index contributed by atoms with van der Waals surface area (Å²) in [5.74, 6) is -0.762. The Morgan fingerprint density at radius 2 is 1.94 bits per heavy atom. The summed E-state index contributed by atoms with van der Waals surface area (Å²) in [5, 5.41) is 3.56. The van der Waals surface area contributed by atoms with Gasteiger partial charge in [-0.15, -0.1) is 0 Å². The van der Waals surface area contributed by atoms with Gasteiger partial charge in [0, 0.05) is 28.7 Å². The molecule has 0 aliphatic rings. The minimum atomic E-state index is -0.768. The van der Waals surface area contributed by atoms with E-state index in [1.165, 1.54) is 18.6 Å². The number of likely N-dealkylation sites (N-methyl/N-ethyl adjacent to an activating group) is 1. The van der Waals surface area contributed by atoms with E-state index in [4.69, 9.17) is 4.74 Å². The number of ether oxygens (including phenoxy) is 1. The molecule has 4 aromatic rings. The Morgan fingerprint density at radius 3 is 2.71 bits per heavy atom. The van der Waals surface area contributed by atoms with Crippen molar-refractivity contribution in [3.8, 4) is 5.75 Å². The van der Waals surface area contributed by atoms with Crippen LogP contribution in [0.25, 0.3) is 21.8 Å². The maximum Gasteiger partial charge on any atom is 0.159 e. The third kappa shape index (κ3) is 4.42. The minimum absolute atomic E-state index is 0.138. The molecule has 1 N–H and O–H groups in total. The number of fused-ring (bicyclic) bond motifs is 2. The van der Waals surface area contributed by atoms with Gasteiger partial charge in [-0.3, -0.25) is 4.98 Å². The van der Waals surface area contributed by atoms with Crippen LogP contribution in [0.3, 0.4) is 0 Å². The van der Waals surface area contributed by atoms with Crippen molar-refractivity contribution in [3.63, 3.8) is 0 Å². The number of pyridine rings is 1. The second kappa shape index (κ2) is 8.68. The molecule has 6 nitrogen and oxygen atoms in total. The molecule has 0 fully saturated rings. The molecule has 0 unspecified atom stereocenters. The molecule has 0 aliphatic heterocycles. The average molecular weight is 488 g/mol. The van der Waals surface area contributed by atoms with Crippen LogP contribution < -0.4 is 10.1 Å². The maximum atomic E-state index is 15.1. The quantitative estimate of drug-likeness (QED) is 0.398. The number of rotatable bonds is 6. The molecule has 0 aliphatic carbocycles. The molecule has 160 valence electrons. The molecular formula is C22H20BrF2N5O. The first kappa shape index (κ1) is 21.3. The van der Waals surface area contributed by atoms with Crippen molar-refractivity contribution in [1.82, 2.24) is 19.9 Å². The monoisotopic (exact) mass is 487 g/mol. The van der Waals surface area contributed by atoms with E-state index < -0.39 is 11.6 Å². The van der Waals surface area contributed by atoms with Gasteiger partial charge in [-0.05, 0) is 45.3 Å². The van der Waals surface area contributed by atoms with Gasteiger partial charge in [0.1, 0.15) is 29.7 Å². The number of hydrogen-bond acceptors (Lipinski definition) is 6. The van der Waals surface area contributed by atoms with Crippen molar-refractivity contribution < 1.29 is 13.5 Å². The first-order chi connectivity index (χ1) is 14.8. The van der Waals surface area contributed by atoms with Crippen molar-refractivity contribution in [2.75, 3.05) is 26.0 Å². The smallest absolute Gasteiger partial charge is 0.159 e. The number of halogens is 3. The molecule has 4 rings (SSSR count). The summed E-state index contributed by atoms with van der Waals surface area (Å²) in [4.78, 5) is 14.6. The molecule has 2 aromatic carbocycles. The van der Waals surface area contributed by atoms with Crippen LogP contribution in [0, 0.1) is 11.6 Å². The summed E-state index contributed by atoms with van der Waals surface area (Å²) in [6.07, 6.45) is 2.69. The largest absolute Gasteiger partial charge is 0.488 e. The van der Waals surface area contributed by atoms with Crippen LogP contribution in [0.5, 0.6) is 5.75 Å². The SMILES string of the molecule is C[C@H](CN(C)C)Oc1cc(Br)cc2ncnc(Nc3c(F)cc4ncccc4c3F)c12. The van der Waals surface area contributed by atoms with Gasteiger partial charge in [-0.25, -0.2) is 18.7 Å². The van der Waals surface area contributed by atoms with Crippen LogP contribution in [-0.4, -0.2) is 46.6 Å². The zero-order chi connectivity index (χ0) is 22.1. The van der Waals surface area contributed by atoms with Gasteiger partial charge in [-0.1, -0.05) is 15.9 Å². The summed E-state index contributed by atoms with van der Waals surface area (Å²) < 4.78 is 36.8. The minimum Gasteiger partial charge on any atom is -0.488 e. The van der Waals surface area contributed by atoms with Crippen molar-refractivity contribution in [1.29, 1.82) is 0 Å². The fourth-order valence-electron chi connectivity index (χ4n) is 3.46. The lowest BCUT2D eigenvalue weighted by atomic mass is 10.1. The average Bonchev–Trinajstić information content (AvgIpc) is 2.70. The van der Waals surface area contributed by atoms with E-state index >= 15 is 4.39 Å². The van der Waals surface area contributed by atoms with E-state index in [1.807, 2.05) is 25.9 Å². The number of nitrogens with one attached hydrogen (secondary N) is 1. The Hall–Kier alpha value is -2.91. The number of hydrogen-bond donors (Lipinski definition) is 1. The molecule has 2 aromatic heterocycles. The Kier molecular flexibility index (Phi) is 5.97. The first-order valence-electron chi connectivity index (χ1n) is 9.59. The highest BCUT2D eigenvalue weighted by Crippen LogP contribution is 2.37. The van der Waals surface area contributed by atoms with Crippen LogP contribution in [-0.2, 0) is 0 Å². The van der Waals surface area contributed by atoms with Gasteiger partial charge in [0.05, 0.1) is 16.4 Å². The Balaban J connectivity index is 1.83. The van der Waals surface area contributed by atoms with E-state index in [0.717, 1.165) is 4.47 Å². The summed E-state index contributed by atoms with van der Waals surface area (Å²) in [7, 11) is 3.91. The molecule has 0 saturated heterocycles. The molecule has 31 heavy (non-hydrogen) atoms. The van der Waals surface area contributed by atoms with Crippen LogP contribution in [0.15, 0.2) is 47.3 Å². The number of aromatic nitrogens is 3. The van der Waals surface area contributed by atoms with E-state index in [0.29, 0.717) is 23.2 Å². The topological polar surface area (TPSA) is 63.2 Å². The lowest BCUT2D eigenvalue weighted by Crippen LogP contribution is -2.28. The van der Waals surface area contributed by atoms with Crippen LogP contribution in [0.4, 0.5) is 20.3 Å². The highest BCUT2D eigenvalue weighted by Gasteiger charge is 2.19. The fraction of sp³-hybridized carbons (Fsp3) is 0.227. The highest BCUT2D eigenvalue weighted by molar-refractivity contribution is 9.10. The van der Waals surface area contributed by atoms with E-state index in [1.54, 1.807) is 24.3 Å². The van der Waals surface area contributed by atoms with E-state index in [2.05, 4.69) is 36.2 Å². The molecule has 0 radical (unpaired) electrons. The fourth-order valence-corrected chi connectivity index (χ4v) is 3.88. The molecule has 0 spiro atoms. The molecular weight excluding hydrogens is 468 g/mol. The summed E-state index contributed by atoms with van der Waals surface area (Å²) in [5.41, 5.74) is 0.499. The van der Waals surface area contributed by atoms with Gasteiger partial charge in [0.2, 0.25) is 0 Å². The second-order valence-electron chi connectivity index (χ2n) is 7.45. The van der Waals surface area contributed by atoms with Gasteiger partial charge in [-0.2, -0.15) is 0 Å². The molecule has 1 atom stereocenters. The lowest BCUT2D eigenvalue weighted by molar-refractivity contribution is 0.179. The zero-order valence-corrected chi connectivity index (χ0v) is 18.7. The predicted octanol–water partition coefficient (Wildman–Crippen LogP) is 5.29. The molecule has 9 heteroatoms. The van der Waals surface area contributed by atoms with E-state index in [-0.39, 0.29) is 28.5 Å². The second-order valence-corrected chi connectivity index (χ2v) is 8.37. The summed E-state index contributed by atoms with van der Waals surface area (Å²) in [6, 6.07) is 7.93. The number of anilines is 2. The lowest BCUT2D eigenvalue weighted by Gasteiger charge is -2.21. The normalized spacial score (nSPS) is 12.5. The summed E-state index contributed by atoms with van der Waals surface area (Å²) in [6.45, 7) is 2.63.